The van der Waals surface area contributed by atoms with Crippen molar-refractivity contribution in [1.82, 2.24) is 24.1 Å². The number of nitrogens with zero attached hydrogens (tertiary/aromatic N) is 4. The Bertz CT molecular complexity index is 1200. The molecule has 4 aromatic rings. The third-order valence-corrected chi connectivity index (χ3v) is 4.01. The van der Waals surface area contributed by atoms with E-state index in [1.807, 2.05) is 30.3 Å². The lowest BCUT2D eigenvalue weighted by Crippen LogP contribution is -2.16. The van der Waals surface area contributed by atoms with Crippen molar-refractivity contribution >= 4 is 11.6 Å². The summed E-state index contributed by atoms with van der Waals surface area (Å²) in [4.78, 5) is 28.2. The summed E-state index contributed by atoms with van der Waals surface area (Å²) in [5.74, 6) is 0.0428. The predicted octanol–water partition coefficient (Wildman–Crippen LogP) is 1.03. The van der Waals surface area contributed by atoms with Crippen LogP contribution >= 0.6 is 0 Å². The van der Waals surface area contributed by atoms with Crippen LogP contribution in [0.4, 0.5) is 5.95 Å². The first kappa shape index (κ1) is 14.9. The molecule has 0 amide bonds. The van der Waals surface area contributed by atoms with Gasteiger partial charge in [0.15, 0.2) is 5.65 Å². The highest BCUT2D eigenvalue weighted by molar-refractivity contribution is 5.90. The Kier molecular flexibility index (Phi) is 3.24. The normalized spacial score (nSPS) is 11.1. The number of pyridine rings is 1. The largest absolute Gasteiger partial charge is 0.369 e. The van der Waals surface area contributed by atoms with Crippen molar-refractivity contribution in [3.05, 3.63) is 69.5 Å². The van der Waals surface area contributed by atoms with E-state index in [1.165, 1.54) is 15.0 Å². The first-order valence-corrected chi connectivity index (χ1v) is 7.55. The second-order valence-electron chi connectivity index (χ2n) is 5.61. The predicted molar refractivity (Wildman–Crippen MR) is 94.1 cm³/mol. The van der Waals surface area contributed by atoms with Gasteiger partial charge in [0.2, 0.25) is 11.5 Å². The number of fused-ring (bicyclic) bond motifs is 1. The Hall–Kier alpha value is -3.68. The van der Waals surface area contributed by atoms with Crippen molar-refractivity contribution < 1.29 is 0 Å². The number of hydrogen-bond acceptors (Lipinski definition) is 5. The standard InChI is InChI=1S/C17H14N6O2/c1-22-9-11(7-8-12(22)24)13-14(10-5-3-2-4-6-10)19-16(18)23-15(13)20-21-17(23)25/h2-9H,1H3,(H2,18,19)(H,21,25). The van der Waals surface area contributed by atoms with Crippen LogP contribution < -0.4 is 17.0 Å². The number of rotatable bonds is 2. The van der Waals surface area contributed by atoms with Gasteiger partial charge < -0.3 is 10.3 Å². The Labute approximate surface area is 141 Å². The number of nitrogen functional groups attached to an aromatic ring is 1. The Morgan fingerprint density at radius 1 is 1.04 bits per heavy atom. The summed E-state index contributed by atoms with van der Waals surface area (Å²) in [5.41, 5.74) is 8.47. The highest BCUT2D eigenvalue weighted by atomic mass is 16.1. The average molecular weight is 334 g/mol. The molecule has 0 spiro atoms. The lowest BCUT2D eigenvalue weighted by atomic mass is 10.0. The molecule has 8 nitrogen and oxygen atoms in total. The summed E-state index contributed by atoms with van der Waals surface area (Å²) in [6.45, 7) is 0. The smallest absolute Gasteiger partial charge is 0.350 e. The number of aromatic amines is 1. The maximum atomic E-state index is 12.0. The maximum Gasteiger partial charge on any atom is 0.350 e. The van der Waals surface area contributed by atoms with Crippen LogP contribution in [0.5, 0.6) is 0 Å². The van der Waals surface area contributed by atoms with Crippen LogP contribution in [0.2, 0.25) is 0 Å². The van der Waals surface area contributed by atoms with Gasteiger partial charge in [0, 0.05) is 30.4 Å². The molecule has 25 heavy (non-hydrogen) atoms. The highest BCUT2D eigenvalue weighted by Gasteiger charge is 2.19. The molecule has 8 heteroatoms. The summed E-state index contributed by atoms with van der Waals surface area (Å²) >= 11 is 0. The first-order valence-electron chi connectivity index (χ1n) is 7.55. The molecule has 0 fully saturated rings. The lowest BCUT2D eigenvalue weighted by Gasteiger charge is -2.12. The van der Waals surface area contributed by atoms with E-state index in [-0.39, 0.29) is 11.5 Å². The number of aromatic nitrogens is 5. The number of anilines is 1. The molecule has 0 bridgehead atoms. The molecule has 0 aliphatic rings. The van der Waals surface area contributed by atoms with Crippen molar-refractivity contribution in [1.29, 1.82) is 0 Å². The van der Waals surface area contributed by atoms with E-state index in [0.717, 1.165) is 5.56 Å². The molecule has 3 N–H and O–H groups in total. The lowest BCUT2D eigenvalue weighted by molar-refractivity contribution is 0.862. The zero-order valence-corrected chi connectivity index (χ0v) is 13.3. The molecule has 0 aliphatic heterocycles. The third-order valence-electron chi connectivity index (χ3n) is 4.01. The van der Waals surface area contributed by atoms with Gasteiger partial charge in [-0.25, -0.2) is 19.3 Å². The summed E-state index contributed by atoms with van der Waals surface area (Å²) < 4.78 is 2.68. The maximum absolute atomic E-state index is 12.0. The molecular formula is C17H14N6O2. The van der Waals surface area contributed by atoms with Gasteiger partial charge in [0.05, 0.1) is 11.3 Å². The topological polar surface area (TPSA) is 111 Å². The minimum atomic E-state index is -0.467. The van der Waals surface area contributed by atoms with Crippen molar-refractivity contribution in [2.45, 2.75) is 0 Å². The number of benzene rings is 1. The molecule has 0 saturated carbocycles. The van der Waals surface area contributed by atoms with E-state index in [1.54, 1.807) is 19.3 Å². The molecule has 0 aliphatic carbocycles. The molecule has 3 aromatic heterocycles. The van der Waals surface area contributed by atoms with Crippen molar-refractivity contribution in [3.63, 3.8) is 0 Å². The van der Waals surface area contributed by atoms with Gasteiger partial charge in [-0.3, -0.25) is 4.79 Å². The van der Waals surface area contributed by atoms with Crippen LogP contribution in [-0.4, -0.2) is 24.1 Å². The minimum Gasteiger partial charge on any atom is -0.369 e. The number of nitrogens with one attached hydrogen (secondary N) is 1. The monoisotopic (exact) mass is 334 g/mol. The summed E-state index contributed by atoms with van der Waals surface area (Å²) in [6, 6.07) is 12.6. The van der Waals surface area contributed by atoms with Crippen molar-refractivity contribution in [2.75, 3.05) is 5.73 Å². The van der Waals surface area contributed by atoms with E-state index in [0.29, 0.717) is 22.5 Å². The van der Waals surface area contributed by atoms with Crippen molar-refractivity contribution in [3.8, 4) is 22.4 Å². The van der Waals surface area contributed by atoms with Crippen LogP contribution in [0, 0.1) is 0 Å². The second-order valence-corrected chi connectivity index (χ2v) is 5.61. The number of hydrogen-bond donors (Lipinski definition) is 2. The first-order chi connectivity index (χ1) is 12.1. The summed E-state index contributed by atoms with van der Waals surface area (Å²) in [7, 11) is 1.66. The zero-order chi connectivity index (χ0) is 17.6. The van der Waals surface area contributed by atoms with Crippen molar-refractivity contribution in [2.24, 2.45) is 7.05 Å². The SMILES string of the molecule is Cn1cc(-c2c(-c3ccccc3)nc(N)n3c(=O)[nH]nc23)ccc1=O. The van der Waals surface area contributed by atoms with Gasteiger partial charge >= 0.3 is 5.69 Å². The Morgan fingerprint density at radius 2 is 1.80 bits per heavy atom. The molecule has 124 valence electrons. The second kappa shape index (κ2) is 5.45. The van der Waals surface area contributed by atoms with E-state index in [9.17, 15) is 9.59 Å². The quantitative estimate of drug-likeness (QED) is 0.569. The van der Waals surface area contributed by atoms with Crippen LogP contribution in [0.25, 0.3) is 28.0 Å². The van der Waals surface area contributed by atoms with Gasteiger partial charge in [0.25, 0.3) is 0 Å². The minimum absolute atomic E-state index is 0.0428. The molecule has 0 atom stereocenters. The van der Waals surface area contributed by atoms with Gasteiger partial charge in [0.1, 0.15) is 0 Å². The molecular weight excluding hydrogens is 320 g/mol. The molecule has 1 aromatic carbocycles. The van der Waals surface area contributed by atoms with Crippen LogP contribution in [0.15, 0.2) is 58.3 Å². The summed E-state index contributed by atoms with van der Waals surface area (Å²) in [6.07, 6.45) is 1.68. The van der Waals surface area contributed by atoms with Gasteiger partial charge in [-0.05, 0) is 6.07 Å². The average Bonchev–Trinajstić information content (AvgIpc) is 3.00. The van der Waals surface area contributed by atoms with E-state index >= 15 is 0 Å². The Balaban J connectivity index is 2.16. The number of H-pyrrole nitrogens is 1. The molecule has 0 radical (unpaired) electrons. The van der Waals surface area contributed by atoms with Gasteiger partial charge in [-0.2, -0.15) is 5.10 Å². The van der Waals surface area contributed by atoms with Gasteiger partial charge in [-0.15, -0.1) is 0 Å². The highest BCUT2D eigenvalue weighted by Crippen LogP contribution is 2.33. The fraction of sp³-hybridized carbons (Fsp3) is 0.0588. The van der Waals surface area contributed by atoms with Crippen LogP contribution in [-0.2, 0) is 7.05 Å². The van der Waals surface area contributed by atoms with Crippen LogP contribution in [0.1, 0.15) is 0 Å². The molecule has 0 saturated heterocycles. The van der Waals surface area contributed by atoms with E-state index < -0.39 is 5.69 Å². The fourth-order valence-corrected chi connectivity index (χ4v) is 2.82. The fourth-order valence-electron chi connectivity index (χ4n) is 2.82. The Morgan fingerprint density at radius 3 is 2.52 bits per heavy atom. The van der Waals surface area contributed by atoms with Gasteiger partial charge in [-0.1, -0.05) is 30.3 Å². The third kappa shape index (κ3) is 2.31. The number of aryl methyl sites for hydroxylation is 1. The van der Waals surface area contributed by atoms with Crippen LogP contribution in [0.3, 0.4) is 0 Å². The molecule has 0 unspecified atom stereocenters. The molecule has 4 rings (SSSR count). The number of nitrogens with two attached hydrogens (primary N) is 1. The molecule has 3 heterocycles. The van der Waals surface area contributed by atoms with E-state index in [2.05, 4.69) is 15.2 Å². The van der Waals surface area contributed by atoms with E-state index in [4.69, 9.17) is 5.73 Å². The summed E-state index contributed by atoms with van der Waals surface area (Å²) in [5, 5.41) is 6.51. The zero-order valence-electron chi connectivity index (χ0n) is 13.3.